The molecule has 4 aromatic carbocycles. The van der Waals surface area contributed by atoms with Gasteiger partial charge in [0.25, 0.3) is 0 Å². The van der Waals surface area contributed by atoms with E-state index in [9.17, 15) is 4.79 Å². The van der Waals surface area contributed by atoms with Gasteiger partial charge in [-0.2, -0.15) is 0 Å². The van der Waals surface area contributed by atoms with Gasteiger partial charge in [-0.05, 0) is 17.7 Å². The summed E-state index contributed by atoms with van der Waals surface area (Å²) in [6.45, 7) is 0.497. The summed E-state index contributed by atoms with van der Waals surface area (Å²) < 4.78 is 0. The highest BCUT2D eigenvalue weighted by Gasteiger charge is 2.19. The van der Waals surface area contributed by atoms with Gasteiger partial charge in [0.1, 0.15) is 10.9 Å². The van der Waals surface area contributed by atoms with Crippen LogP contribution in [0.4, 0.5) is 0 Å². The first-order chi connectivity index (χ1) is 19.2. The normalized spacial score (nSPS) is 11.0. The summed E-state index contributed by atoms with van der Waals surface area (Å²) in [5.41, 5.74) is 6.72. The number of nitrogens with one attached hydrogen (secondary N) is 2. The molecule has 0 aliphatic rings. The van der Waals surface area contributed by atoms with Crippen molar-refractivity contribution in [2.75, 3.05) is 5.75 Å². The van der Waals surface area contributed by atoms with Crippen LogP contribution in [0, 0.1) is 0 Å². The molecule has 5 nitrogen and oxygen atoms in total. The molecule has 0 saturated carbocycles. The summed E-state index contributed by atoms with van der Waals surface area (Å²) >= 11 is 1.42. The van der Waals surface area contributed by atoms with Crippen molar-refractivity contribution in [3.05, 3.63) is 127 Å². The van der Waals surface area contributed by atoms with Gasteiger partial charge in [-0.3, -0.25) is 4.79 Å². The van der Waals surface area contributed by atoms with Crippen molar-refractivity contribution < 1.29 is 4.79 Å². The molecule has 0 radical (unpaired) electrons. The van der Waals surface area contributed by atoms with Gasteiger partial charge in [-0.15, -0.1) is 0 Å². The van der Waals surface area contributed by atoms with Crippen molar-refractivity contribution in [3.8, 4) is 33.9 Å². The van der Waals surface area contributed by atoms with E-state index in [1.165, 1.54) is 11.8 Å². The minimum Gasteiger partial charge on any atom is -0.351 e. The topological polar surface area (TPSA) is 70.7 Å². The van der Waals surface area contributed by atoms with Gasteiger partial charge >= 0.3 is 0 Å². The molecule has 2 heterocycles. The number of aromatic nitrogens is 3. The number of carbonyl (C=O) groups excluding carboxylic acids is 1. The third kappa shape index (κ3) is 5.61. The minimum atomic E-state index is -0.0424. The lowest BCUT2D eigenvalue weighted by molar-refractivity contribution is -0.118. The van der Waals surface area contributed by atoms with Crippen LogP contribution < -0.4 is 5.32 Å². The summed E-state index contributed by atoms with van der Waals surface area (Å²) in [6.07, 6.45) is 0. The summed E-state index contributed by atoms with van der Waals surface area (Å²) in [6, 6.07) is 40.4. The molecule has 190 valence electrons. The van der Waals surface area contributed by atoms with E-state index in [0.717, 1.165) is 55.4 Å². The number of rotatable bonds is 8. The number of hydrogen-bond acceptors (Lipinski definition) is 4. The Balaban J connectivity index is 1.36. The Labute approximate surface area is 231 Å². The molecule has 6 aromatic rings. The van der Waals surface area contributed by atoms with Crippen LogP contribution in [0.25, 0.3) is 44.8 Å². The first-order valence-corrected chi connectivity index (χ1v) is 13.8. The highest BCUT2D eigenvalue weighted by Crippen LogP contribution is 2.37. The zero-order valence-corrected chi connectivity index (χ0v) is 22.0. The number of thioether (sulfide) groups is 1. The van der Waals surface area contributed by atoms with Crippen LogP contribution in [0.2, 0.25) is 0 Å². The van der Waals surface area contributed by atoms with E-state index < -0.39 is 0 Å². The number of imidazole rings is 1. The fourth-order valence-corrected chi connectivity index (χ4v) is 5.32. The number of H-pyrrole nitrogens is 1. The van der Waals surface area contributed by atoms with Gasteiger partial charge in [0.2, 0.25) is 5.91 Å². The second-order valence-electron chi connectivity index (χ2n) is 9.13. The van der Waals surface area contributed by atoms with Crippen LogP contribution in [0.1, 0.15) is 5.56 Å². The van der Waals surface area contributed by atoms with Crippen LogP contribution in [0.3, 0.4) is 0 Å². The molecule has 0 aliphatic carbocycles. The first-order valence-electron chi connectivity index (χ1n) is 12.8. The number of carbonyl (C=O) groups is 1. The van der Waals surface area contributed by atoms with Crippen molar-refractivity contribution >= 4 is 28.6 Å². The smallest absolute Gasteiger partial charge is 0.230 e. The molecule has 39 heavy (non-hydrogen) atoms. The Hall–Kier alpha value is -4.68. The Morgan fingerprint density at radius 1 is 0.744 bits per heavy atom. The summed E-state index contributed by atoms with van der Waals surface area (Å²) in [5.74, 6) is 0.931. The van der Waals surface area contributed by atoms with Crippen LogP contribution >= 0.6 is 11.8 Å². The number of aromatic amines is 1. The average Bonchev–Trinajstić information content (AvgIpc) is 3.45. The van der Waals surface area contributed by atoms with Gasteiger partial charge < -0.3 is 10.3 Å². The predicted octanol–water partition coefficient (Wildman–Crippen LogP) is 7.37. The van der Waals surface area contributed by atoms with Crippen molar-refractivity contribution in [2.45, 2.75) is 11.6 Å². The van der Waals surface area contributed by atoms with Crippen LogP contribution in [0.5, 0.6) is 0 Å². The molecule has 6 heteroatoms. The zero-order valence-electron chi connectivity index (χ0n) is 21.2. The maximum Gasteiger partial charge on any atom is 0.230 e. The van der Waals surface area contributed by atoms with E-state index in [2.05, 4.69) is 40.6 Å². The monoisotopic (exact) mass is 526 g/mol. The molecular weight excluding hydrogens is 500 g/mol. The van der Waals surface area contributed by atoms with E-state index in [1.807, 2.05) is 91.0 Å². The second kappa shape index (κ2) is 11.4. The lowest BCUT2D eigenvalue weighted by Gasteiger charge is -2.10. The fourth-order valence-electron chi connectivity index (χ4n) is 4.48. The number of hydrogen-bond donors (Lipinski definition) is 2. The highest BCUT2D eigenvalue weighted by molar-refractivity contribution is 8.00. The summed E-state index contributed by atoms with van der Waals surface area (Å²) in [5, 5.41) is 4.79. The Bertz CT molecular complexity index is 1660. The van der Waals surface area contributed by atoms with E-state index in [1.54, 1.807) is 0 Å². The van der Waals surface area contributed by atoms with E-state index in [4.69, 9.17) is 9.97 Å². The van der Waals surface area contributed by atoms with Gasteiger partial charge in [0.05, 0.1) is 28.2 Å². The zero-order chi connectivity index (χ0) is 26.4. The number of nitrogens with zero attached hydrogens (tertiary/aromatic N) is 2. The van der Waals surface area contributed by atoms with E-state index in [0.29, 0.717) is 6.54 Å². The van der Waals surface area contributed by atoms with Gasteiger partial charge in [0, 0.05) is 23.1 Å². The van der Waals surface area contributed by atoms with Gasteiger partial charge in [0.15, 0.2) is 0 Å². The average molecular weight is 527 g/mol. The van der Waals surface area contributed by atoms with Crippen LogP contribution in [0.15, 0.2) is 126 Å². The molecule has 2 aromatic heterocycles. The number of amides is 1. The lowest BCUT2D eigenvalue weighted by atomic mass is 10.1. The molecule has 0 bridgehead atoms. The number of pyridine rings is 1. The third-order valence-electron chi connectivity index (χ3n) is 6.43. The molecule has 0 saturated heterocycles. The quantitative estimate of drug-likeness (QED) is 0.203. The van der Waals surface area contributed by atoms with Crippen molar-refractivity contribution in [1.29, 1.82) is 0 Å². The van der Waals surface area contributed by atoms with E-state index in [-0.39, 0.29) is 11.7 Å². The summed E-state index contributed by atoms with van der Waals surface area (Å²) in [7, 11) is 0. The molecule has 0 unspecified atom stereocenters. The van der Waals surface area contributed by atoms with Crippen molar-refractivity contribution in [1.82, 2.24) is 20.3 Å². The molecular formula is C33H26N4OS. The van der Waals surface area contributed by atoms with Crippen molar-refractivity contribution in [3.63, 3.8) is 0 Å². The summed E-state index contributed by atoms with van der Waals surface area (Å²) in [4.78, 5) is 26.4. The lowest BCUT2D eigenvalue weighted by Crippen LogP contribution is -2.24. The fraction of sp³-hybridized carbons (Fsp3) is 0.0606. The highest BCUT2D eigenvalue weighted by atomic mass is 32.2. The molecule has 1 amide bonds. The first kappa shape index (κ1) is 24.6. The molecule has 2 N–H and O–H groups in total. The number of para-hydroxylation sites is 1. The van der Waals surface area contributed by atoms with Gasteiger partial charge in [-0.1, -0.05) is 121 Å². The van der Waals surface area contributed by atoms with Crippen LogP contribution in [-0.2, 0) is 11.3 Å². The maximum absolute atomic E-state index is 12.7. The molecule has 6 rings (SSSR count). The Kier molecular flexibility index (Phi) is 7.19. The Morgan fingerprint density at radius 3 is 2.13 bits per heavy atom. The van der Waals surface area contributed by atoms with Crippen molar-refractivity contribution in [2.24, 2.45) is 0 Å². The minimum absolute atomic E-state index is 0.0424. The maximum atomic E-state index is 12.7. The number of benzene rings is 4. The molecule has 0 atom stereocenters. The standard InChI is InChI=1S/C33H26N4OS/c38-29(34-21-23-12-4-1-5-13-23)22-39-33-27(20-26-18-10-11-19-28(26)35-33)32-36-30(24-14-6-2-7-15-24)31(37-32)25-16-8-3-9-17-25/h1-20H,21-22H2,(H,34,38)(H,36,37). The largest absolute Gasteiger partial charge is 0.351 e. The molecule has 0 aliphatic heterocycles. The number of fused-ring (bicyclic) bond motifs is 1. The Morgan fingerprint density at radius 2 is 1.38 bits per heavy atom. The van der Waals surface area contributed by atoms with Gasteiger partial charge in [-0.25, -0.2) is 9.97 Å². The molecule has 0 spiro atoms. The predicted molar refractivity (Wildman–Crippen MR) is 159 cm³/mol. The van der Waals surface area contributed by atoms with E-state index >= 15 is 0 Å². The molecule has 0 fully saturated rings. The van der Waals surface area contributed by atoms with Crippen LogP contribution in [-0.4, -0.2) is 26.6 Å². The third-order valence-corrected chi connectivity index (χ3v) is 7.42. The SMILES string of the molecule is O=C(CSc1nc2ccccc2cc1-c1nc(-c2ccccc2)c(-c2ccccc2)[nH]1)NCc1ccccc1. The second-order valence-corrected chi connectivity index (χ2v) is 10.1.